The van der Waals surface area contributed by atoms with E-state index in [0.717, 1.165) is 11.3 Å². The van der Waals surface area contributed by atoms with Crippen molar-refractivity contribution in [3.8, 4) is 5.75 Å². The third kappa shape index (κ3) is 2.08. The summed E-state index contributed by atoms with van der Waals surface area (Å²) >= 11 is 0. The van der Waals surface area contributed by atoms with Crippen LogP contribution in [0.1, 0.15) is 12.5 Å². The lowest BCUT2D eigenvalue weighted by atomic mass is 10.2. The van der Waals surface area contributed by atoms with Gasteiger partial charge in [-0.3, -0.25) is 5.41 Å². The summed E-state index contributed by atoms with van der Waals surface area (Å²) in [5, 5.41) is 7.11. The number of hydrogen-bond donors (Lipinski definition) is 1. The lowest BCUT2D eigenvalue weighted by molar-refractivity contribution is 0.537. The van der Waals surface area contributed by atoms with Crippen molar-refractivity contribution >= 4 is 5.90 Å². The van der Waals surface area contributed by atoms with E-state index in [1.54, 1.807) is 6.92 Å². The monoisotopic (exact) mass is 149 g/mol. The van der Waals surface area contributed by atoms with Crippen LogP contribution in [0, 0.1) is 12.3 Å². The van der Waals surface area contributed by atoms with E-state index in [-0.39, 0.29) is 5.90 Å². The van der Waals surface area contributed by atoms with Crippen LogP contribution in [-0.2, 0) is 0 Å². The maximum Gasteiger partial charge on any atom is 0.184 e. The van der Waals surface area contributed by atoms with Crippen molar-refractivity contribution in [2.24, 2.45) is 0 Å². The van der Waals surface area contributed by atoms with Gasteiger partial charge in [-0.1, -0.05) is 18.2 Å². The van der Waals surface area contributed by atoms with Crippen LogP contribution in [0.15, 0.2) is 24.3 Å². The molecule has 0 aromatic heterocycles. The summed E-state index contributed by atoms with van der Waals surface area (Å²) in [6.45, 7) is 3.57. The SMILES string of the molecule is CC(=N)Oc1ccccc1C. The second-order valence-electron chi connectivity index (χ2n) is 2.42. The Balaban J connectivity index is 2.86. The van der Waals surface area contributed by atoms with Gasteiger partial charge in [0.1, 0.15) is 5.75 Å². The van der Waals surface area contributed by atoms with Gasteiger partial charge in [-0.2, -0.15) is 0 Å². The van der Waals surface area contributed by atoms with Crippen molar-refractivity contribution in [1.82, 2.24) is 0 Å². The van der Waals surface area contributed by atoms with Crippen molar-refractivity contribution in [2.75, 3.05) is 0 Å². The minimum atomic E-state index is 0.222. The van der Waals surface area contributed by atoms with E-state index in [1.165, 1.54) is 0 Å². The van der Waals surface area contributed by atoms with Crippen LogP contribution in [0.3, 0.4) is 0 Å². The van der Waals surface area contributed by atoms with Gasteiger partial charge in [0.15, 0.2) is 5.90 Å². The van der Waals surface area contributed by atoms with Crippen LogP contribution in [0.4, 0.5) is 0 Å². The van der Waals surface area contributed by atoms with E-state index in [9.17, 15) is 0 Å². The molecule has 58 valence electrons. The number of benzene rings is 1. The molecule has 0 bridgehead atoms. The number of ether oxygens (including phenoxy) is 1. The molecule has 11 heavy (non-hydrogen) atoms. The smallest absolute Gasteiger partial charge is 0.184 e. The van der Waals surface area contributed by atoms with Gasteiger partial charge in [0.05, 0.1) is 0 Å². The molecule has 0 amide bonds. The molecule has 1 aromatic rings. The lowest BCUT2D eigenvalue weighted by Gasteiger charge is -2.04. The molecular weight excluding hydrogens is 138 g/mol. The third-order valence-electron chi connectivity index (χ3n) is 1.36. The Morgan fingerprint density at radius 2 is 2.00 bits per heavy atom. The number of hydrogen-bond acceptors (Lipinski definition) is 2. The Morgan fingerprint density at radius 3 is 2.55 bits per heavy atom. The zero-order chi connectivity index (χ0) is 8.27. The molecule has 2 heteroatoms. The van der Waals surface area contributed by atoms with E-state index in [2.05, 4.69) is 0 Å². The minimum absolute atomic E-state index is 0.222. The average Bonchev–Trinajstić information content (AvgIpc) is 1.93. The van der Waals surface area contributed by atoms with Crippen LogP contribution < -0.4 is 4.74 Å². The lowest BCUT2D eigenvalue weighted by Crippen LogP contribution is -2.01. The Hall–Kier alpha value is -1.31. The molecule has 0 aliphatic carbocycles. The van der Waals surface area contributed by atoms with Crippen molar-refractivity contribution in [1.29, 1.82) is 5.41 Å². The predicted octanol–water partition coefficient (Wildman–Crippen LogP) is 2.37. The Labute approximate surface area is 66.3 Å². The molecule has 0 heterocycles. The molecule has 0 spiro atoms. The van der Waals surface area contributed by atoms with Crippen LogP contribution in [0.25, 0.3) is 0 Å². The van der Waals surface area contributed by atoms with Crippen molar-refractivity contribution in [3.05, 3.63) is 29.8 Å². The molecule has 0 atom stereocenters. The topological polar surface area (TPSA) is 33.1 Å². The van der Waals surface area contributed by atoms with Gasteiger partial charge < -0.3 is 4.74 Å². The molecule has 2 nitrogen and oxygen atoms in total. The minimum Gasteiger partial charge on any atom is -0.444 e. The maximum atomic E-state index is 7.11. The van der Waals surface area contributed by atoms with Crippen molar-refractivity contribution < 1.29 is 4.74 Å². The third-order valence-corrected chi connectivity index (χ3v) is 1.36. The number of rotatable bonds is 1. The largest absolute Gasteiger partial charge is 0.444 e. The van der Waals surface area contributed by atoms with Crippen LogP contribution in [0.2, 0.25) is 0 Å². The van der Waals surface area contributed by atoms with Gasteiger partial charge >= 0.3 is 0 Å². The zero-order valence-electron chi connectivity index (χ0n) is 6.72. The normalized spacial score (nSPS) is 9.27. The van der Waals surface area contributed by atoms with E-state index >= 15 is 0 Å². The van der Waals surface area contributed by atoms with E-state index < -0.39 is 0 Å². The van der Waals surface area contributed by atoms with E-state index in [4.69, 9.17) is 10.1 Å². The molecular formula is C9H11NO. The van der Waals surface area contributed by atoms with Gasteiger partial charge in [0, 0.05) is 6.92 Å². The molecule has 0 fully saturated rings. The summed E-state index contributed by atoms with van der Waals surface area (Å²) < 4.78 is 5.13. The quantitative estimate of drug-likeness (QED) is 0.482. The fourth-order valence-corrected chi connectivity index (χ4v) is 0.836. The fraction of sp³-hybridized carbons (Fsp3) is 0.222. The highest BCUT2D eigenvalue weighted by atomic mass is 16.5. The molecule has 0 aliphatic rings. The van der Waals surface area contributed by atoms with Crippen molar-refractivity contribution in [2.45, 2.75) is 13.8 Å². The maximum absolute atomic E-state index is 7.11. The first-order chi connectivity index (χ1) is 5.20. The first-order valence-corrected chi connectivity index (χ1v) is 3.49. The molecule has 1 aromatic carbocycles. The van der Waals surface area contributed by atoms with Crippen LogP contribution in [0.5, 0.6) is 5.75 Å². The zero-order valence-corrected chi connectivity index (χ0v) is 6.72. The summed E-state index contributed by atoms with van der Waals surface area (Å²) in [5.41, 5.74) is 1.05. The number of aryl methyl sites for hydroxylation is 1. The summed E-state index contributed by atoms with van der Waals surface area (Å²) in [6.07, 6.45) is 0. The first kappa shape index (κ1) is 7.79. The molecule has 0 saturated carbocycles. The Morgan fingerprint density at radius 1 is 1.36 bits per heavy atom. The van der Waals surface area contributed by atoms with Gasteiger partial charge in [-0.05, 0) is 18.6 Å². The van der Waals surface area contributed by atoms with E-state index in [0.29, 0.717) is 0 Å². The summed E-state index contributed by atoms with van der Waals surface area (Å²) in [6, 6.07) is 7.65. The van der Waals surface area contributed by atoms with Gasteiger partial charge in [0.25, 0.3) is 0 Å². The number of nitrogens with one attached hydrogen (secondary N) is 1. The van der Waals surface area contributed by atoms with Crippen molar-refractivity contribution in [3.63, 3.8) is 0 Å². The molecule has 1 rings (SSSR count). The highest BCUT2D eigenvalue weighted by Crippen LogP contribution is 2.15. The highest BCUT2D eigenvalue weighted by molar-refractivity contribution is 5.72. The second-order valence-corrected chi connectivity index (χ2v) is 2.42. The first-order valence-electron chi connectivity index (χ1n) is 3.49. The molecule has 0 unspecified atom stereocenters. The highest BCUT2D eigenvalue weighted by Gasteiger charge is 1.96. The molecule has 1 N–H and O–H groups in total. The summed E-state index contributed by atoms with van der Waals surface area (Å²) in [4.78, 5) is 0. The van der Waals surface area contributed by atoms with Gasteiger partial charge in [-0.15, -0.1) is 0 Å². The fourth-order valence-electron chi connectivity index (χ4n) is 0.836. The molecule has 0 saturated heterocycles. The van der Waals surface area contributed by atoms with E-state index in [1.807, 2.05) is 31.2 Å². The standard InChI is InChI=1S/C9H11NO/c1-7-5-3-4-6-9(7)11-8(2)10/h3-6,10H,1-2H3. The van der Waals surface area contributed by atoms with Crippen LogP contribution >= 0.6 is 0 Å². The molecule has 0 aliphatic heterocycles. The number of para-hydroxylation sites is 1. The summed E-state index contributed by atoms with van der Waals surface area (Å²) in [5.74, 6) is 0.985. The average molecular weight is 149 g/mol. The predicted molar refractivity (Wildman–Crippen MR) is 45.2 cm³/mol. The Bertz CT molecular complexity index is 268. The van der Waals surface area contributed by atoms with Gasteiger partial charge in [0.2, 0.25) is 0 Å². The summed E-state index contributed by atoms with van der Waals surface area (Å²) in [7, 11) is 0. The van der Waals surface area contributed by atoms with Gasteiger partial charge in [-0.25, -0.2) is 0 Å². The Kier molecular flexibility index (Phi) is 2.26. The van der Waals surface area contributed by atoms with Crippen LogP contribution in [-0.4, -0.2) is 5.90 Å². The molecule has 0 radical (unpaired) electrons. The second kappa shape index (κ2) is 3.19.